The highest BCUT2D eigenvalue weighted by atomic mass is 16.5. The van der Waals surface area contributed by atoms with Gasteiger partial charge in [0.2, 0.25) is 5.91 Å². The minimum absolute atomic E-state index is 0.145. The van der Waals surface area contributed by atoms with Crippen molar-refractivity contribution in [1.29, 1.82) is 0 Å². The van der Waals surface area contributed by atoms with E-state index in [1.54, 1.807) is 24.3 Å². The molecule has 0 aromatic heterocycles. The smallest absolute Gasteiger partial charge is 0.305 e. The van der Waals surface area contributed by atoms with Crippen molar-refractivity contribution in [2.24, 2.45) is 0 Å². The van der Waals surface area contributed by atoms with Gasteiger partial charge in [-0.3, -0.25) is 9.59 Å². The number of carbonyl (C=O) groups is 2. The lowest BCUT2D eigenvalue weighted by molar-refractivity contribution is -0.137. The largest absolute Gasteiger partial charge is 0.494 e. The monoisotopic (exact) mass is 251 g/mol. The Morgan fingerprint density at radius 2 is 1.94 bits per heavy atom. The Kier molecular flexibility index (Phi) is 5.17. The van der Waals surface area contributed by atoms with E-state index in [2.05, 4.69) is 5.32 Å². The van der Waals surface area contributed by atoms with Gasteiger partial charge in [-0.15, -0.1) is 0 Å². The number of ether oxygens (including phenoxy) is 1. The summed E-state index contributed by atoms with van der Waals surface area (Å²) < 4.78 is 5.30. The van der Waals surface area contributed by atoms with Crippen molar-refractivity contribution in [2.45, 2.75) is 26.3 Å². The summed E-state index contributed by atoms with van der Waals surface area (Å²) >= 11 is 0. The van der Waals surface area contributed by atoms with E-state index in [0.29, 0.717) is 6.61 Å². The maximum Gasteiger partial charge on any atom is 0.305 e. The summed E-state index contributed by atoms with van der Waals surface area (Å²) in [5.74, 6) is -0.490. The first-order valence-corrected chi connectivity index (χ1v) is 5.74. The highest BCUT2D eigenvalue weighted by Gasteiger charge is 2.16. The van der Waals surface area contributed by atoms with Crippen LogP contribution in [-0.4, -0.2) is 23.6 Å². The van der Waals surface area contributed by atoms with Crippen LogP contribution in [0.2, 0.25) is 0 Å². The third-order valence-electron chi connectivity index (χ3n) is 2.35. The van der Waals surface area contributed by atoms with Crippen molar-refractivity contribution < 1.29 is 19.4 Å². The van der Waals surface area contributed by atoms with Crippen molar-refractivity contribution in [3.05, 3.63) is 29.8 Å². The number of hydrogen-bond donors (Lipinski definition) is 2. The number of carbonyl (C=O) groups excluding carboxylic acids is 1. The van der Waals surface area contributed by atoms with Crippen LogP contribution in [0.5, 0.6) is 5.75 Å². The fourth-order valence-corrected chi connectivity index (χ4v) is 1.64. The quantitative estimate of drug-likeness (QED) is 0.807. The Hall–Kier alpha value is -2.04. The van der Waals surface area contributed by atoms with Crippen molar-refractivity contribution in [2.75, 3.05) is 6.61 Å². The molecule has 98 valence electrons. The molecule has 1 atom stereocenters. The molecule has 1 amide bonds. The van der Waals surface area contributed by atoms with Gasteiger partial charge < -0.3 is 15.2 Å². The summed E-state index contributed by atoms with van der Waals surface area (Å²) in [5.41, 5.74) is 0.746. The van der Waals surface area contributed by atoms with E-state index in [1.165, 1.54) is 6.92 Å². The average molecular weight is 251 g/mol. The summed E-state index contributed by atoms with van der Waals surface area (Å²) in [4.78, 5) is 21.8. The molecule has 0 aliphatic heterocycles. The lowest BCUT2D eigenvalue weighted by Crippen LogP contribution is -2.27. The molecular formula is C13H17NO4. The van der Waals surface area contributed by atoms with Gasteiger partial charge in [0.15, 0.2) is 0 Å². The summed E-state index contributed by atoms with van der Waals surface area (Å²) in [6, 6.07) is 6.52. The molecule has 0 spiro atoms. The van der Waals surface area contributed by atoms with E-state index < -0.39 is 12.0 Å². The van der Waals surface area contributed by atoms with Gasteiger partial charge in [0.05, 0.1) is 19.1 Å². The highest BCUT2D eigenvalue weighted by Crippen LogP contribution is 2.20. The topological polar surface area (TPSA) is 75.6 Å². The zero-order chi connectivity index (χ0) is 13.5. The van der Waals surface area contributed by atoms with E-state index in [-0.39, 0.29) is 12.3 Å². The first-order valence-electron chi connectivity index (χ1n) is 5.74. The minimum atomic E-state index is -0.956. The molecular weight excluding hydrogens is 234 g/mol. The number of hydrogen-bond acceptors (Lipinski definition) is 3. The van der Waals surface area contributed by atoms with Crippen LogP contribution in [0.15, 0.2) is 24.3 Å². The van der Waals surface area contributed by atoms with Crippen LogP contribution < -0.4 is 10.1 Å². The van der Waals surface area contributed by atoms with Crippen molar-refractivity contribution in [1.82, 2.24) is 5.32 Å². The van der Waals surface area contributed by atoms with E-state index in [0.717, 1.165) is 11.3 Å². The fraction of sp³-hybridized carbons (Fsp3) is 0.385. The first kappa shape index (κ1) is 14.0. The standard InChI is InChI=1S/C13H17NO4/c1-3-18-11-6-4-10(5-7-11)12(8-13(16)17)14-9(2)15/h4-7,12H,3,8H2,1-2H3,(H,14,15)(H,16,17)/t12-/m1/s1. The minimum Gasteiger partial charge on any atom is -0.494 e. The molecule has 0 saturated heterocycles. The van der Waals surface area contributed by atoms with Crippen molar-refractivity contribution in [3.63, 3.8) is 0 Å². The highest BCUT2D eigenvalue weighted by molar-refractivity contribution is 5.75. The predicted molar refractivity (Wildman–Crippen MR) is 66.4 cm³/mol. The van der Waals surface area contributed by atoms with E-state index in [4.69, 9.17) is 9.84 Å². The molecule has 0 bridgehead atoms. The number of amides is 1. The van der Waals surface area contributed by atoms with Crippen LogP contribution >= 0.6 is 0 Å². The van der Waals surface area contributed by atoms with Gasteiger partial charge in [-0.25, -0.2) is 0 Å². The fourth-order valence-electron chi connectivity index (χ4n) is 1.64. The lowest BCUT2D eigenvalue weighted by Gasteiger charge is -2.16. The van der Waals surface area contributed by atoms with E-state index in [9.17, 15) is 9.59 Å². The van der Waals surface area contributed by atoms with Crippen LogP contribution in [0.25, 0.3) is 0 Å². The Balaban J connectivity index is 2.83. The van der Waals surface area contributed by atoms with Crippen molar-refractivity contribution >= 4 is 11.9 Å². The number of benzene rings is 1. The van der Waals surface area contributed by atoms with Gasteiger partial charge in [-0.1, -0.05) is 12.1 Å². The normalized spacial score (nSPS) is 11.7. The molecule has 0 fully saturated rings. The molecule has 2 N–H and O–H groups in total. The second-order valence-electron chi connectivity index (χ2n) is 3.85. The molecule has 0 saturated carbocycles. The van der Waals surface area contributed by atoms with Gasteiger partial charge in [0, 0.05) is 6.92 Å². The molecule has 5 nitrogen and oxygen atoms in total. The van der Waals surface area contributed by atoms with E-state index in [1.807, 2.05) is 6.92 Å². The van der Waals surface area contributed by atoms with Crippen LogP contribution in [-0.2, 0) is 9.59 Å². The summed E-state index contributed by atoms with van der Waals surface area (Å²) in [7, 11) is 0. The molecule has 1 aromatic carbocycles. The molecule has 0 radical (unpaired) electrons. The maximum absolute atomic E-state index is 11.0. The van der Waals surface area contributed by atoms with Crippen LogP contribution in [0.4, 0.5) is 0 Å². The number of nitrogens with one attached hydrogen (secondary N) is 1. The van der Waals surface area contributed by atoms with Gasteiger partial charge in [0.25, 0.3) is 0 Å². The average Bonchev–Trinajstić information content (AvgIpc) is 2.28. The van der Waals surface area contributed by atoms with Crippen LogP contribution in [0.3, 0.4) is 0 Å². The molecule has 0 unspecified atom stereocenters. The van der Waals surface area contributed by atoms with Gasteiger partial charge in [0.1, 0.15) is 5.75 Å². The summed E-state index contributed by atoms with van der Waals surface area (Å²) in [5, 5.41) is 11.4. The number of aliphatic carboxylic acids is 1. The Bertz CT molecular complexity index is 398. The Morgan fingerprint density at radius 3 is 2.39 bits per heavy atom. The molecule has 0 aliphatic carbocycles. The van der Waals surface area contributed by atoms with Gasteiger partial charge in [-0.2, -0.15) is 0 Å². The Labute approximate surface area is 106 Å². The summed E-state index contributed by atoms with van der Waals surface area (Å²) in [6.45, 7) is 3.82. The number of carboxylic acid groups (broad SMARTS) is 1. The van der Waals surface area contributed by atoms with Crippen LogP contribution in [0, 0.1) is 0 Å². The molecule has 1 rings (SSSR count). The molecule has 0 heterocycles. The predicted octanol–water partition coefficient (Wildman–Crippen LogP) is 1.74. The number of carboxylic acids is 1. The summed E-state index contributed by atoms with van der Waals surface area (Å²) in [6.07, 6.45) is -0.145. The zero-order valence-electron chi connectivity index (χ0n) is 10.5. The van der Waals surface area contributed by atoms with Gasteiger partial charge >= 0.3 is 5.97 Å². The number of rotatable bonds is 6. The maximum atomic E-state index is 11.0. The molecule has 1 aromatic rings. The molecule has 5 heteroatoms. The van der Waals surface area contributed by atoms with E-state index >= 15 is 0 Å². The first-order chi connectivity index (χ1) is 8.52. The van der Waals surface area contributed by atoms with Crippen molar-refractivity contribution in [3.8, 4) is 5.75 Å². The molecule has 18 heavy (non-hydrogen) atoms. The lowest BCUT2D eigenvalue weighted by atomic mass is 10.0. The van der Waals surface area contributed by atoms with Gasteiger partial charge in [-0.05, 0) is 24.6 Å². The zero-order valence-corrected chi connectivity index (χ0v) is 10.5. The molecule has 0 aliphatic rings. The SMILES string of the molecule is CCOc1ccc([C@@H](CC(=O)O)NC(C)=O)cc1. The second-order valence-corrected chi connectivity index (χ2v) is 3.85. The third kappa shape index (κ3) is 4.45. The van der Waals surface area contributed by atoms with Crippen LogP contribution in [0.1, 0.15) is 31.9 Å². The third-order valence-corrected chi connectivity index (χ3v) is 2.35. The second kappa shape index (κ2) is 6.64. The Morgan fingerprint density at radius 1 is 1.33 bits per heavy atom.